The summed E-state index contributed by atoms with van der Waals surface area (Å²) in [6, 6.07) is 14.8. The van der Waals surface area contributed by atoms with E-state index >= 15 is 0 Å². The summed E-state index contributed by atoms with van der Waals surface area (Å²) in [5.74, 6) is 1.02. The number of anilines is 1. The van der Waals surface area contributed by atoms with Gasteiger partial charge in [0.15, 0.2) is 5.82 Å². The van der Waals surface area contributed by atoms with Crippen LogP contribution in [0.1, 0.15) is 22.8 Å². The van der Waals surface area contributed by atoms with Gasteiger partial charge in [0.2, 0.25) is 11.8 Å². The Hall–Kier alpha value is -2.66. The van der Waals surface area contributed by atoms with Crippen molar-refractivity contribution in [2.45, 2.75) is 19.8 Å². The van der Waals surface area contributed by atoms with E-state index in [4.69, 9.17) is 16.1 Å². The van der Waals surface area contributed by atoms with E-state index in [-0.39, 0.29) is 12.3 Å². The molecule has 24 heavy (non-hydrogen) atoms. The second-order valence-electron chi connectivity index (χ2n) is 5.42. The highest BCUT2D eigenvalue weighted by molar-refractivity contribution is 6.30. The smallest absolute Gasteiger partial charge is 0.231 e. The van der Waals surface area contributed by atoms with Crippen LogP contribution in [0.4, 0.5) is 5.69 Å². The number of aromatic nitrogens is 2. The molecule has 0 fully saturated rings. The van der Waals surface area contributed by atoms with Crippen LogP contribution in [0.3, 0.4) is 0 Å². The highest BCUT2D eigenvalue weighted by Gasteiger charge is 2.11. The first kappa shape index (κ1) is 16.2. The molecular weight excluding hydrogens is 326 g/mol. The number of carbonyl (C=O) groups excluding carboxylic acids is 1. The second kappa shape index (κ2) is 7.27. The lowest BCUT2D eigenvalue weighted by atomic mass is 10.1. The number of aryl methyl sites for hydroxylation is 1. The van der Waals surface area contributed by atoms with Gasteiger partial charge in [-0.05, 0) is 36.2 Å². The molecule has 1 aromatic heterocycles. The average Bonchev–Trinajstić information content (AvgIpc) is 2.97. The molecule has 6 heteroatoms. The summed E-state index contributed by atoms with van der Waals surface area (Å²) in [6.45, 7) is 1.77. The Bertz CT molecular complexity index is 843. The lowest BCUT2D eigenvalue weighted by Gasteiger charge is -2.10. The topological polar surface area (TPSA) is 68.0 Å². The monoisotopic (exact) mass is 341 g/mol. The van der Waals surface area contributed by atoms with Gasteiger partial charge in [-0.1, -0.05) is 47.1 Å². The highest BCUT2D eigenvalue weighted by atomic mass is 35.5. The number of para-hydroxylation sites is 1. The van der Waals surface area contributed by atoms with Gasteiger partial charge in [-0.2, -0.15) is 4.98 Å². The Morgan fingerprint density at radius 2 is 1.92 bits per heavy atom. The number of nitrogens with one attached hydrogen (secondary N) is 1. The van der Waals surface area contributed by atoms with Gasteiger partial charge >= 0.3 is 0 Å². The highest BCUT2D eigenvalue weighted by Crippen LogP contribution is 2.19. The van der Waals surface area contributed by atoms with Crippen molar-refractivity contribution in [1.82, 2.24) is 10.1 Å². The number of hydrogen-bond donors (Lipinski definition) is 1. The predicted octanol–water partition coefficient (Wildman–Crippen LogP) is 3.80. The van der Waals surface area contributed by atoms with Gasteiger partial charge in [0.25, 0.3) is 0 Å². The number of carbonyl (C=O) groups is 1. The Morgan fingerprint density at radius 3 is 2.62 bits per heavy atom. The zero-order valence-corrected chi connectivity index (χ0v) is 13.9. The Morgan fingerprint density at radius 1 is 1.17 bits per heavy atom. The van der Waals surface area contributed by atoms with Crippen LogP contribution in [0.2, 0.25) is 5.02 Å². The van der Waals surface area contributed by atoms with Crippen molar-refractivity contribution < 1.29 is 9.32 Å². The molecule has 122 valence electrons. The Balaban J connectivity index is 1.70. The largest absolute Gasteiger partial charge is 0.339 e. The number of rotatable bonds is 5. The summed E-state index contributed by atoms with van der Waals surface area (Å²) in [4.78, 5) is 16.5. The van der Waals surface area contributed by atoms with Crippen LogP contribution in [0, 0.1) is 6.92 Å². The SMILES string of the molecule is Cc1noc(Cc2ccccc2NC(=O)Cc2ccc(Cl)cc2)n1. The van der Waals surface area contributed by atoms with E-state index in [1.165, 1.54) is 0 Å². The third kappa shape index (κ3) is 4.20. The molecule has 1 heterocycles. The van der Waals surface area contributed by atoms with Crippen molar-refractivity contribution in [2.75, 3.05) is 5.32 Å². The Labute approximate surface area is 144 Å². The van der Waals surface area contributed by atoms with Crippen molar-refractivity contribution in [1.29, 1.82) is 0 Å². The molecular formula is C18H16ClN3O2. The summed E-state index contributed by atoms with van der Waals surface area (Å²) in [5.41, 5.74) is 2.57. The van der Waals surface area contributed by atoms with Gasteiger partial charge in [0.1, 0.15) is 0 Å². The summed E-state index contributed by atoms with van der Waals surface area (Å²) in [6.07, 6.45) is 0.753. The van der Waals surface area contributed by atoms with E-state index in [1.807, 2.05) is 36.4 Å². The first-order valence-electron chi connectivity index (χ1n) is 7.51. The fourth-order valence-corrected chi connectivity index (χ4v) is 2.48. The second-order valence-corrected chi connectivity index (χ2v) is 5.86. The van der Waals surface area contributed by atoms with E-state index in [1.54, 1.807) is 19.1 Å². The molecule has 1 amide bonds. The molecule has 0 radical (unpaired) electrons. The van der Waals surface area contributed by atoms with Crippen LogP contribution in [0.25, 0.3) is 0 Å². The van der Waals surface area contributed by atoms with Crippen molar-refractivity contribution in [3.63, 3.8) is 0 Å². The number of benzene rings is 2. The van der Waals surface area contributed by atoms with Crippen molar-refractivity contribution in [3.8, 4) is 0 Å². The maximum absolute atomic E-state index is 12.3. The van der Waals surface area contributed by atoms with Gasteiger partial charge in [-0.25, -0.2) is 0 Å². The lowest BCUT2D eigenvalue weighted by molar-refractivity contribution is -0.115. The van der Waals surface area contributed by atoms with Crippen LogP contribution >= 0.6 is 11.6 Å². The summed E-state index contributed by atoms with van der Waals surface area (Å²) >= 11 is 5.86. The normalized spacial score (nSPS) is 10.6. The van der Waals surface area contributed by atoms with Gasteiger partial charge in [-0.15, -0.1) is 0 Å². The molecule has 0 atom stereocenters. The van der Waals surface area contributed by atoms with Crippen LogP contribution in [0.5, 0.6) is 0 Å². The molecule has 2 aromatic carbocycles. The molecule has 3 aromatic rings. The zero-order valence-electron chi connectivity index (χ0n) is 13.1. The summed E-state index contributed by atoms with van der Waals surface area (Å²) < 4.78 is 5.15. The van der Waals surface area contributed by atoms with Crippen LogP contribution in [0.15, 0.2) is 53.1 Å². The van der Waals surface area contributed by atoms with E-state index in [0.717, 1.165) is 16.8 Å². The maximum Gasteiger partial charge on any atom is 0.231 e. The van der Waals surface area contributed by atoms with E-state index < -0.39 is 0 Å². The molecule has 0 saturated heterocycles. The predicted molar refractivity (Wildman–Crippen MR) is 92.1 cm³/mol. The van der Waals surface area contributed by atoms with Crippen LogP contribution in [-0.4, -0.2) is 16.0 Å². The fraction of sp³-hybridized carbons (Fsp3) is 0.167. The number of amides is 1. The summed E-state index contributed by atoms with van der Waals surface area (Å²) in [7, 11) is 0. The molecule has 0 spiro atoms. The maximum atomic E-state index is 12.3. The first-order chi connectivity index (χ1) is 11.6. The minimum Gasteiger partial charge on any atom is -0.339 e. The molecule has 3 rings (SSSR count). The van der Waals surface area contributed by atoms with Crippen LogP contribution in [-0.2, 0) is 17.6 Å². The molecule has 0 aliphatic carbocycles. The standard InChI is InChI=1S/C18H16ClN3O2/c1-12-20-18(24-22-12)11-14-4-2-3-5-16(14)21-17(23)10-13-6-8-15(19)9-7-13/h2-9H,10-11H2,1H3,(H,21,23). The molecule has 5 nitrogen and oxygen atoms in total. The van der Waals surface area contributed by atoms with Crippen molar-refractivity contribution >= 4 is 23.2 Å². The molecule has 0 aliphatic rings. The fourth-order valence-electron chi connectivity index (χ4n) is 2.35. The first-order valence-corrected chi connectivity index (χ1v) is 7.89. The van der Waals surface area contributed by atoms with Crippen molar-refractivity contribution in [3.05, 3.63) is 76.4 Å². The Kier molecular flexibility index (Phi) is 4.91. The average molecular weight is 342 g/mol. The van der Waals surface area contributed by atoms with E-state index in [0.29, 0.717) is 23.2 Å². The van der Waals surface area contributed by atoms with Gasteiger partial charge in [0, 0.05) is 10.7 Å². The lowest BCUT2D eigenvalue weighted by Crippen LogP contribution is -2.15. The van der Waals surface area contributed by atoms with Gasteiger partial charge in [-0.3, -0.25) is 4.79 Å². The molecule has 0 saturated carbocycles. The van der Waals surface area contributed by atoms with Crippen LogP contribution < -0.4 is 5.32 Å². The molecule has 0 bridgehead atoms. The number of nitrogens with zero attached hydrogens (tertiary/aromatic N) is 2. The van der Waals surface area contributed by atoms with Gasteiger partial charge < -0.3 is 9.84 Å². The molecule has 0 aliphatic heterocycles. The minimum atomic E-state index is -0.0912. The third-order valence-electron chi connectivity index (χ3n) is 3.48. The van der Waals surface area contributed by atoms with Crippen molar-refractivity contribution in [2.24, 2.45) is 0 Å². The number of halogens is 1. The molecule has 1 N–H and O–H groups in total. The van der Waals surface area contributed by atoms with Gasteiger partial charge in [0.05, 0.1) is 12.8 Å². The minimum absolute atomic E-state index is 0.0912. The van der Waals surface area contributed by atoms with E-state index in [2.05, 4.69) is 15.5 Å². The summed E-state index contributed by atoms with van der Waals surface area (Å²) in [5, 5.41) is 7.37. The number of hydrogen-bond acceptors (Lipinski definition) is 4. The zero-order chi connectivity index (χ0) is 16.9. The molecule has 0 unspecified atom stereocenters. The quantitative estimate of drug-likeness (QED) is 0.766. The van der Waals surface area contributed by atoms with E-state index in [9.17, 15) is 4.79 Å². The third-order valence-corrected chi connectivity index (χ3v) is 3.73.